The summed E-state index contributed by atoms with van der Waals surface area (Å²) in [4.78, 5) is 11.5. The van der Waals surface area contributed by atoms with Crippen LogP contribution in [-0.2, 0) is 21.6 Å². The van der Waals surface area contributed by atoms with Gasteiger partial charge in [-0.05, 0) is 37.3 Å². The van der Waals surface area contributed by atoms with E-state index in [9.17, 15) is 9.18 Å². The van der Waals surface area contributed by atoms with Crippen molar-refractivity contribution in [2.24, 2.45) is 0 Å². The van der Waals surface area contributed by atoms with Gasteiger partial charge in [0.1, 0.15) is 12.0 Å². The molecule has 1 aromatic carbocycles. The van der Waals surface area contributed by atoms with E-state index >= 15 is 0 Å². The molecular formula is C18H25FO2. The predicted octanol–water partition coefficient (Wildman–Crippen LogP) is 4.35. The number of carbonyl (C=O) groups is 1. The molecular weight excluding hydrogens is 267 g/mol. The maximum atomic E-state index is 13.1. The van der Waals surface area contributed by atoms with Crippen molar-refractivity contribution in [3.63, 3.8) is 0 Å². The highest BCUT2D eigenvalue weighted by atomic mass is 19.1. The van der Waals surface area contributed by atoms with E-state index in [1.165, 1.54) is 0 Å². The van der Waals surface area contributed by atoms with Gasteiger partial charge in [-0.3, -0.25) is 4.79 Å². The van der Waals surface area contributed by atoms with Gasteiger partial charge in [-0.25, -0.2) is 4.39 Å². The van der Waals surface area contributed by atoms with Crippen LogP contribution in [0.1, 0.15) is 57.1 Å². The molecule has 2 nitrogen and oxygen atoms in total. The van der Waals surface area contributed by atoms with Crippen LogP contribution in [0, 0.1) is 0 Å². The molecule has 1 fully saturated rings. The molecule has 0 radical (unpaired) electrons. The van der Waals surface area contributed by atoms with Crippen LogP contribution in [0.25, 0.3) is 0 Å². The number of carbonyl (C=O) groups excluding carboxylic acids is 1. The Balaban J connectivity index is 2.18. The van der Waals surface area contributed by atoms with Crippen LogP contribution >= 0.6 is 0 Å². The molecule has 0 amide bonds. The lowest BCUT2D eigenvalue weighted by Crippen LogP contribution is -2.35. The topological polar surface area (TPSA) is 26.3 Å². The Bertz CT molecular complexity index is 455. The van der Waals surface area contributed by atoms with E-state index in [1.54, 1.807) is 6.92 Å². The fourth-order valence-corrected chi connectivity index (χ4v) is 3.02. The maximum Gasteiger partial charge on any atom is 0.133 e. The first-order valence-corrected chi connectivity index (χ1v) is 7.95. The molecule has 2 rings (SSSR count). The molecule has 1 atom stereocenters. The lowest BCUT2D eigenvalue weighted by molar-refractivity contribution is -0.130. The molecule has 0 N–H and O–H groups in total. The number of alkyl halides is 1. The quantitative estimate of drug-likeness (QED) is 0.779. The number of rotatable bonds is 6. The van der Waals surface area contributed by atoms with Crippen LogP contribution in [0.5, 0.6) is 0 Å². The predicted molar refractivity (Wildman–Crippen MR) is 82.1 cm³/mol. The van der Waals surface area contributed by atoms with Gasteiger partial charge in [0.25, 0.3) is 0 Å². The summed E-state index contributed by atoms with van der Waals surface area (Å²) in [6, 6.07) is 8.06. The first kappa shape index (κ1) is 16.2. The van der Waals surface area contributed by atoms with Crippen LogP contribution in [-0.4, -0.2) is 18.6 Å². The van der Waals surface area contributed by atoms with Gasteiger partial charge in [0.2, 0.25) is 0 Å². The molecule has 0 heterocycles. The summed E-state index contributed by atoms with van der Waals surface area (Å²) in [5.41, 5.74) is 1.80. The Morgan fingerprint density at radius 3 is 2.38 bits per heavy atom. The van der Waals surface area contributed by atoms with Gasteiger partial charge in [-0.2, -0.15) is 0 Å². The lowest BCUT2D eigenvalue weighted by atomic mass is 9.78. The van der Waals surface area contributed by atoms with Crippen molar-refractivity contribution in [3.8, 4) is 0 Å². The van der Waals surface area contributed by atoms with Crippen LogP contribution in [0.4, 0.5) is 4.39 Å². The SMILES string of the molecule is CCCOC1(c2ccc(CC(C)F)cc2)CCC(=O)CC1. The Kier molecular flexibility index (Phi) is 5.51. The summed E-state index contributed by atoms with van der Waals surface area (Å²) in [5, 5.41) is 0. The Labute approximate surface area is 126 Å². The Hall–Kier alpha value is -1.22. The van der Waals surface area contributed by atoms with Crippen molar-refractivity contribution in [1.29, 1.82) is 0 Å². The maximum absolute atomic E-state index is 13.1. The second-order valence-electron chi connectivity index (χ2n) is 6.06. The number of hydrogen-bond donors (Lipinski definition) is 0. The number of halogens is 1. The van der Waals surface area contributed by atoms with E-state index in [0.29, 0.717) is 31.7 Å². The van der Waals surface area contributed by atoms with Crippen molar-refractivity contribution in [3.05, 3.63) is 35.4 Å². The van der Waals surface area contributed by atoms with Crippen LogP contribution in [0.3, 0.4) is 0 Å². The van der Waals surface area contributed by atoms with E-state index in [0.717, 1.165) is 30.4 Å². The summed E-state index contributed by atoms with van der Waals surface area (Å²) >= 11 is 0. The number of hydrogen-bond acceptors (Lipinski definition) is 2. The van der Waals surface area contributed by atoms with E-state index in [4.69, 9.17) is 4.74 Å². The zero-order chi connectivity index (χ0) is 15.3. The third kappa shape index (κ3) is 4.13. The molecule has 1 aromatic rings. The van der Waals surface area contributed by atoms with Crippen molar-refractivity contribution in [2.45, 2.75) is 64.1 Å². The first-order chi connectivity index (χ1) is 10.1. The number of benzene rings is 1. The summed E-state index contributed by atoms with van der Waals surface area (Å²) in [5.74, 6) is 0.327. The highest BCUT2D eigenvalue weighted by molar-refractivity contribution is 5.79. The smallest absolute Gasteiger partial charge is 0.133 e. The molecule has 1 aliphatic carbocycles. The summed E-state index contributed by atoms with van der Waals surface area (Å²) in [6.07, 6.45) is 3.28. The highest BCUT2D eigenvalue weighted by Crippen LogP contribution is 2.39. The van der Waals surface area contributed by atoms with Crippen LogP contribution in [0.2, 0.25) is 0 Å². The Morgan fingerprint density at radius 1 is 1.24 bits per heavy atom. The molecule has 1 saturated carbocycles. The number of Topliss-reactive ketones (excluding diaryl/α,β-unsaturated/α-hetero) is 1. The molecule has 1 aliphatic rings. The van der Waals surface area contributed by atoms with Crippen molar-refractivity contribution in [1.82, 2.24) is 0 Å². The zero-order valence-electron chi connectivity index (χ0n) is 13.0. The second kappa shape index (κ2) is 7.17. The van der Waals surface area contributed by atoms with E-state index in [2.05, 4.69) is 6.92 Å². The van der Waals surface area contributed by atoms with Gasteiger partial charge in [-0.1, -0.05) is 31.2 Å². The lowest BCUT2D eigenvalue weighted by Gasteiger charge is -2.37. The van der Waals surface area contributed by atoms with E-state index in [1.807, 2.05) is 24.3 Å². The van der Waals surface area contributed by atoms with Crippen LogP contribution in [0.15, 0.2) is 24.3 Å². The summed E-state index contributed by atoms with van der Waals surface area (Å²) in [7, 11) is 0. The Morgan fingerprint density at radius 2 is 1.86 bits per heavy atom. The van der Waals surface area contributed by atoms with E-state index in [-0.39, 0.29) is 5.60 Å². The van der Waals surface area contributed by atoms with Crippen molar-refractivity contribution >= 4 is 5.78 Å². The molecule has 116 valence electrons. The van der Waals surface area contributed by atoms with E-state index < -0.39 is 6.17 Å². The third-order valence-electron chi connectivity index (χ3n) is 4.19. The highest BCUT2D eigenvalue weighted by Gasteiger charge is 2.37. The molecule has 1 unspecified atom stereocenters. The fraction of sp³-hybridized carbons (Fsp3) is 0.611. The van der Waals surface area contributed by atoms with Gasteiger partial charge < -0.3 is 4.74 Å². The average Bonchev–Trinajstić information content (AvgIpc) is 2.47. The molecule has 0 bridgehead atoms. The first-order valence-electron chi connectivity index (χ1n) is 7.95. The van der Waals surface area contributed by atoms with Gasteiger partial charge in [0.15, 0.2) is 0 Å². The fourth-order valence-electron chi connectivity index (χ4n) is 3.02. The van der Waals surface area contributed by atoms with Crippen LogP contribution < -0.4 is 0 Å². The molecule has 21 heavy (non-hydrogen) atoms. The van der Waals surface area contributed by atoms with Gasteiger partial charge in [0, 0.05) is 25.9 Å². The summed E-state index contributed by atoms with van der Waals surface area (Å²) < 4.78 is 19.2. The largest absolute Gasteiger partial charge is 0.370 e. The molecule has 0 aromatic heterocycles. The molecule has 0 spiro atoms. The average molecular weight is 292 g/mol. The summed E-state index contributed by atoms with van der Waals surface area (Å²) in [6.45, 7) is 4.37. The van der Waals surface area contributed by atoms with Crippen molar-refractivity contribution in [2.75, 3.05) is 6.61 Å². The normalized spacial score (nSPS) is 19.5. The standard InChI is InChI=1S/C18H25FO2/c1-3-12-21-18(10-8-17(20)9-11-18)16-6-4-15(5-7-16)13-14(2)19/h4-7,14H,3,8-13H2,1-2H3. The van der Waals surface area contributed by atoms with Crippen molar-refractivity contribution < 1.29 is 13.9 Å². The zero-order valence-corrected chi connectivity index (χ0v) is 13.0. The van der Waals surface area contributed by atoms with Gasteiger partial charge in [0.05, 0.1) is 5.60 Å². The number of ether oxygens (including phenoxy) is 1. The second-order valence-corrected chi connectivity index (χ2v) is 6.06. The minimum absolute atomic E-state index is 0.327. The molecule has 0 aliphatic heterocycles. The minimum atomic E-state index is -0.826. The molecule has 3 heteroatoms. The monoisotopic (exact) mass is 292 g/mol. The van der Waals surface area contributed by atoms with Gasteiger partial charge in [-0.15, -0.1) is 0 Å². The number of ketones is 1. The van der Waals surface area contributed by atoms with Gasteiger partial charge >= 0.3 is 0 Å². The molecule has 0 saturated heterocycles. The third-order valence-corrected chi connectivity index (χ3v) is 4.19. The minimum Gasteiger partial charge on any atom is -0.370 e.